The molecule has 0 spiro atoms. The number of benzene rings is 3. The summed E-state index contributed by atoms with van der Waals surface area (Å²) in [6.07, 6.45) is 1.49. The number of hydrogen-bond donors (Lipinski definition) is 2. The zero-order valence-electron chi connectivity index (χ0n) is 16.9. The molecule has 0 aliphatic carbocycles. The molecule has 0 fully saturated rings. The highest BCUT2D eigenvalue weighted by Gasteiger charge is 2.17. The van der Waals surface area contributed by atoms with Crippen LogP contribution in [0.1, 0.15) is 15.9 Å². The van der Waals surface area contributed by atoms with Crippen LogP contribution in [0, 0.1) is 10.1 Å². The van der Waals surface area contributed by atoms with E-state index in [2.05, 4.69) is 10.6 Å². The lowest BCUT2D eigenvalue weighted by Crippen LogP contribution is -2.30. The monoisotopic (exact) mass is 451 g/mol. The molecule has 9 heteroatoms. The molecule has 0 saturated carbocycles. The minimum Gasteiger partial charge on any atom is -0.497 e. The number of carbonyl (C=O) groups excluding carboxylic acids is 2. The van der Waals surface area contributed by atoms with E-state index in [1.807, 2.05) is 0 Å². The quantitative estimate of drug-likeness (QED) is 0.308. The molecular weight excluding hydrogens is 434 g/mol. The number of methoxy groups -OCH3 is 1. The largest absolute Gasteiger partial charge is 0.497 e. The first kappa shape index (κ1) is 22.5. The highest BCUT2D eigenvalue weighted by atomic mass is 35.5. The lowest BCUT2D eigenvalue weighted by molar-refractivity contribution is -0.384. The molecule has 0 aliphatic heterocycles. The van der Waals surface area contributed by atoms with Crippen LogP contribution in [-0.2, 0) is 4.79 Å². The van der Waals surface area contributed by atoms with Crippen molar-refractivity contribution in [3.05, 3.63) is 105 Å². The Kier molecular flexibility index (Phi) is 7.20. The third-order valence-corrected chi connectivity index (χ3v) is 4.70. The first-order valence-electron chi connectivity index (χ1n) is 9.35. The van der Waals surface area contributed by atoms with Crippen LogP contribution >= 0.6 is 11.6 Å². The zero-order valence-corrected chi connectivity index (χ0v) is 17.6. The topological polar surface area (TPSA) is 111 Å². The van der Waals surface area contributed by atoms with Gasteiger partial charge in [0.1, 0.15) is 11.4 Å². The highest BCUT2D eigenvalue weighted by Crippen LogP contribution is 2.19. The van der Waals surface area contributed by atoms with E-state index in [-0.39, 0.29) is 22.0 Å². The molecule has 0 saturated heterocycles. The molecule has 3 aromatic carbocycles. The fourth-order valence-corrected chi connectivity index (χ4v) is 2.95. The Bertz CT molecular complexity index is 1170. The molecule has 3 aromatic rings. The molecule has 0 unspecified atom stereocenters. The van der Waals surface area contributed by atoms with Gasteiger partial charge in [-0.2, -0.15) is 0 Å². The van der Waals surface area contributed by atoms with Crippen molar-refractivity contribution in [3.63, 3.8) is 0 Å². The van der Waals surface area contributed by atoms with Crippen LogP contribution in [0.2, 0.25) is 5.02 Å². The molecule has 32 heavy (non-hydrogen) atoms. The second-order valence-corrected chi connectivity index (χ2v) is 6.93. The van der Waals surface area contributed by atoms with E-state index in [0.29, 0.717) is 17.0 Å². The Morgan fingerprint density at radius 3 is 2.25 bits per heavy atom. The summed E-state index contributed by atoms with van der Waals surface area (Å²) in [6, 6.07) is 18.7. The van der Waals surface area contributed by atoms with Gasteiger partial charge in [0.25, 0.3) is 17.5 Å². The number of nitrogens with one attached hydrogen (secondary N) is 2. The first-order chi connectivity index (χ1) is 15.4. The van der Waals surface area contributed by atoms with Crippen molar-refractivity contribution in [2.45, 2.75) is 0 Å². The number of hydrogen-bond acceptors (Lipinski definition) is 5. The van der Waals surface area contributed by atoms with Gasteiger partial charge in [0.15, 0.2) is 0 Å². The summed E-state index contributed by atoms with van der Waals surface area (Å²) in [4.78, 5) is 35.9. The van der Waals surface area contributed by atoms with E-state index >= 15 is 0 Å². The van der Waals surface area contributed by atoms with Crippen LogP contribution in [0.5, 0.6) is 5.75 Å². The first-order valence-corrected chi connectivity index (χ1v) is 9.72. The van der Waals surface area contributed by atoms with Gasteiger partial charge in [0.05, 0.1) is 22.6 Å². The predicted molar refractivity (Wildman–Crippen MR) is 122 cm³/mol. The summed E-state index contributed by atoms with van der Waals surface area (Å²) in [6.45, 7) is 0. The van der Waals surface area contributed by atoms with Gasteiger partial charge in [0, 0.05) is 17.8 Å². The Balaban J connectivity index is 1.88. The normalized spacial score (nSPS) is 10.9. The summed E-state index contributed by atoms with van der Waals surface area (Å²) in [5.74, 6) is -0.538. The van der Waals surface area contributed by atoms with Crippen LogP contribution < -0.4 is 15.4 Å². The molecule has 0 heterocycles. The van der Waals surface area contributed by atoms with Crippen molar-refractivity contribution >= 4 is 40.9 Å². The van der Waals surface area contributed by atoms with Crippen LogP contribution in [0.4, 0.5) is 11.4 Å². The number of nitrogens with zero attached hydrogens (tertiary/aromatic N) is 1. The second kappa shape index (κ2) is 10.2. The summed E-state index contributed by atoms with van der Waals surface area (Å²) < 4.78 is 5.13. The van der Waals surface area contributed by atoms with Gasteiger partial charge in [-0.05, 0) is 48.0 Å². The zero-order chi connectivity index (χ0) is 23.1. The van der Waals surface area contributed by atoms with E-state index in [1.165, 1.54) is 43.5 Å². The molecule has 0 aliphatic rings. The van der Waals surface area contributed by atoms with Gasteiger partial charge in [-0.15, -0.1) is 0 Å². The maximum absolute atomic E-state index is 12.9. The Hall–Kier alpha value is -4.17. The molecule has 0 aromatic heterocycles. The SMILES string of the molecule is COc1ccc(/C=C(/NC(=O)c2ccccc2Cl)C(=O)Nc2ccc([N+](=O)[O-])cc2)cc1. The Morgan fingerprint density at radius 2 is 1.66 bits per heavy atom. The molecule has 3 rings (SSSR count). The number of amides is 2. The smallest absolute Gasteiger partial charge is 0.272 e. The van der Waals surface area contributed by atoms with Crippen molar-refractivity contribution in [3.8, 4) is 5.75 Å². The molecule has 162 valence electrons. The third-order valence-electron chi connectivity index (χ3n) is 4.37. The minimum absolute atomic E-state index is 0.0431. The van der Waals surface area contributed by atoms with Crippen LogP contribution in [0.15, 0.2) is 78.5 Å². The number of nitro groups is 1. The number of anilines is 1. The predicted octanol–water partition coefficient (Wildman–Crippen LogP) is 4.67. The molecule has 2 N–H and O–H groups in total. The lowest BCUT2D eigenvalue weighted by atomic mass is 10.1. The number of carbonyl (C=O) groups is 2. The van der Waals surface area contributed by atoms with E-state index in [4.69, 9.17) is 16.3 Å². The average Bonchev–Trinajstić information content (AvgIpc) is 2.79. The molecule has 8 nitrogen and oxygen atoms in total. The molecule has 2 amide bonds. The number of nitro benzene ring substituents is 1. The molecule has 0 atom stereocenters. The van der Waals surface area contributed by atoms with Crippen molar-refractivity contribution in [2.24, 2.45) is 0 Å². The highest BCUT2D eigenvalue weighted by molar-refractivity contribution is 6.34. The number of ether oxygens (including phenoxy) is 1. The molecular formula is C23H18ClN3O5. The molecule has 0 radical (unpaired) electrons. The van der Waals surface area contributed by atoms with E-state index in [1.54, 1.807) is 42.5 Å². The number of non-ortho nitro benzene ring substituents is 1. The second-order valence-electron chi connectivity index (χ2n) is 6.52. The van der Waals surface area contributed by atoms with Crippen LogP contribution in [0.25, 0.3) is 6.08 Å². The van der Waals surface area contributed by atoms with Crippen LogP contribution in [-0.4, -0.2) is 23.8 Å². The van der Waals surface area contributed by atoms with Gasteiger partial charge < -0.3 is 15.4 Å². The number of halogens is 1. The van der Waals surface area contributed by atoms with Crippen molar-refractivity contribution in [1.82, 2.24) is 5.32 Å². The maximum atomic E-state index is 12.9. The fraction of sp³-hybridized carbons (Fsp3) is 0.0435. The van der Waals surface area contributed by atoms with E-state index in [9.17, 15) is 19.7 Å². The summed E-state index contributed by atoms with van der Waals surface area (Å²) >= 11 is 6.10. The number of rotatable bonds is 7. The van der Waals surface area contributed by atoms with Crippen molar-refractivity contribution < 1.29 is 19.2 Å². The van der Waals surface area contributed by atoms with E-state index < -0.39 is 16.7 Å². The lowest BCUT2D eigenvalue weighted by Gasteiger charge is -2.12. The van der Waals surface area contributed by atoms with Crippen molar-refractivity contribution in [2.75, 3.05) is 12.4 Å². The minimum atomic E-state index is -0.616. The summed E-state index contributed by atoms with van der Waals surface area (Å²) in [5.41, 5.74) is 1.02. The van der Waals surface area contributed by atoms with Crippen LogP contribution in [0.3, 0.4) is 0 Å². The van der Waals surface area contributed by atoms with Crippen molar-refractivity contribution in [1.29, 1.82) is 0 Å². The van der Waals surface area contributed by atoms with Gasteiger partial charge in [0.2, 0.25) is 0 Å². The third kappa shape index (κ3) is 5.71. The fourth-order valence-electron chi connectivity index (χ4n) is 2.73. The van der Waals surface area contributed by atoms with Gasteiger partial charge in [-0.25, -0.2) is 0 Å². The Morgan fingerprint density at radius 1 is 1.00 bits per heavy atom. The van der Waals surface area contributed by atoms with Gasteiger partial charge in [-0.1, -0.05) is 35.9 Å². The van der Waals surface area contributed by atoms with Gasteiger partial charge in [-0.3, -0.25) is 19.7 Å². The Labute approximate surface area is 188 Å². The summed E-state index contributed by atoms with van der Waals surface area (Å²) in [7, 11) is 1.54. The standard InChI is InChI=1S/C23H18ClN3O5/c1-32-18-12-6-15(7-13-18)14-21(26-22(28)19-4-2-3-5-20(19)24)23(29)25-16-8-10-17(11-9-16)27(30)31/h2-14H,1H3,(H,25,29)(H,26,28)/b21-14+. The average molecular weight is 452 g/mol. The maximum Gasteiger partial charge on any atom is 0.272 e. The van der Waals surface area contributed by atoms with E-state index in [0.717, 1.165) is 0 Å². The molecule has 0 bridgehead atoms. The van der Waals surface area contributed by atoms with Gasteiger partial charge >= 0.3 is 0 Å². The summed E-state index contributed by atoms with van der Waals surface area (Å²) in [5, 5.41) is 16.3.